The fourth-order valence-electron chi connectivity index (χ4n) is 8.84. The first-order valence-electron chi connectivity index (χ1n) is 22.3. The number of benzene rings is 6. The van der Waals surface area contributed by atoms with Crippen molar-refractivity contribution < 1.29 is 123 Å². The van der Waals surface area contributed by atoms with Crippen LogP contribution in [0.4, 0.5) is 123 Å². The maximum atomic E-state index is 16.2. The Labute approximate surface area is 472 Å². The van der Waals surface area contributed by atoms with Crippen LogP contribution in [0.1, 0.15) is 0 Å². The molecule has 0 unspecified atom stereocenters. The van der Waals surface area contributed by atoms with E-state index in [0.29, 0.717) is 35.1 Å². The molecule has 4 aromatic heterocycles. The lowest BCUT2D eigenvalue weighted by Gasteiger charge is -2.23. The Bertz CT molecular complexity index is 4040. The van der Waals surface area contributed by atoms with Crippen molar-refractivity contribution in [2.45, 2.75) is 0 Å². The van der Waals surface area contributed by atoms with E-state index in [9.17, 15) is 52.7 Å². The number of halogens is 28. The summed E-state index contributed by atoms with van der Waals surface area (Å²) in [7, 11) is 0. The molecule has 86 heavy (non-hydrogen) atoms. The van der Waals surface area contributed by atoms with Crippen molar-refractivity contribution in [3.63, 3.8) is 0 Å². The van der Waals surface area contributed by atoms with Gasteiger partial charge < -0.3 is 0 Å². The maximum Gasteiger partial charge on any atom is 0.262 e. The Morgan fingerprint density at radius 1 is 0.198 bits per heavy atom. The highest BCUT2D eigenvalue weighted by atomic mass is 32.1. The average molecular weight is 1320 g/mol. The maximum absolute atomic E-state index is 16.2. The van der Waals surface area contributed by atoms with E-state index in [-0.39, 0.29) is 51.9 Å². The number of rotatable bonds is 11. The van der Waals surface area contributed by atoms with Gasteiger partial charge in [0.05, 0.1) is 9.75 Å². The molecule has 0 aliphatic rings. The third kappa shape index (κ3) is 9.20. The minimum Gasteiger partial charge on any atom is -0.244 e. The zero-order valence-corrected chi connectivity index (χ0v) is 43.0. The summed E-state index contributed by atoms with van der Waals surface area (Å²) in [6.07, 6.45) is 1.42. The molecule has 6 aromatic carbocycles. The molecular formula is C50H6B2F28N2S4. The highest BCUT2D eigenvalue weighted by Gasteiger charge is 2.48. The van der Waals surface area contributed by atoms with Gasteiger partial charge in [0.1, 0.15) is 10.0 Å². The standard InChI is InChI=1S/C50H6B2F28N2S4/c53-21-13(15(23(55)35(67)33(21)65)51(17-25(57)37(69)45(77)38(70)26(17)58)18-27(59)39(71)46(78)40(72)28(18)60)49-81-5-11(85-49)9-3-1-7(83-9)8-2-4-10(84-8)12-6-82-50(86-12)14-16(24(56)36(68)34(66)22(14)54)52(19-29(61)41(73)47(79)42(74)30(19)62)20-31(63)43(75)48(80)44(76)32(20)64/h1-6H. The molecule has 0 saturated carbocycles. The van der Waals surface area contributed by atoms with Crippen LogP contribution in [0.2, 0.25) is 0 Å². The van der Waals surface area contributed by atoms with Gasteiger partial charge in [-0.2, -0.15) is 0 Å². The summed E-state index contributed by atoms with van der Waals surface area (Å²) in [5, 5.41) is -2.41. The summed E-state index contributed by atoms with van der Waals surface area (Å²) in [5.41, 5.74) is -19.3. The third-order valence-corrected chi connectivity index (χ3v) is 17.5. The second-order valence-corrected chi connectivity index (χ2v) is 21.5. The monoisotopic (exact) mass is 1320 g/mol. The molecule has 0 saturated heterocycles. The van der Waals surface area contributed by atoms with Gasteiger partial charge in [-0.25, -0.2) is 133 Å². The van der Waals surface area contributed by atoms with Gasteiger partial charge in [-0.05, 0) is 35.2 Å². The van der Waals surface area contributed by atoms with Crippen LogP contribution < -0.4 is 32.8 Å². The minimum atomic E-state index is -3.98. The van der Waals surface area contributed by atoms with Crippen molar-refractivity contribution in [2.24, 2.45) is 0 Å². The highest BCUT2D eigenvalue weighted by Crippen LogP contribution is 2.45. The summed E-state index contributed by atoms with van der Waals surface area (Å²) in [6, 6.07) is 4.93. The van der Waals surface area contributed by atoms with E-state index in [1.807, 2.05) is 0 Å². The predicted octanol–water partition coefficient (Wildman–Crippen LogP) is 14.0. The van der Waals surface area contributed by atoms with Gasteiger partial charge in [0.25, 0.3) is 13.4 Å². The van der Waals surface area contributed by atoms with E-state index < -0.39 is 230 Å². The largest absolute Gasteiger partial charge is 0.262 e. The van der Waals surface area contributed by atoms with Crippen molar-refractivity contribution in [3.05, 3.63) is 200 Å². The lowest BCUT2D eigenvalue weighted by molar-refractivity contribution is 0.382. The first kappa shape index (κ1) is 61.2. The molecule has 0 fully saturated rings. The molecule has 10 rings (SSSR count). The van der Waals surface area contributed by atoms with Crippen molar-refractivity contribution in [1.29, 1.82) is 0 Å². The molecule has 0 N–H and O–H groups in total. The van der Waals surface area contributed by atoms with Crippen molar-refractivity contribution >= 4 is 91.5 Å². The number of hydrogen-bond acceptors (Lipinski definition) is 6. The molecule has 442 valence electrons. The molecule has 36 heteroatoms. The summed E-state index contributed by atoms with van der Waals surface area (Å²) in [6.45, 7) is -7.97. The highest BCUT2D eigenvalue weighted by molar-refractivity contribution is 7.29. The molecule has 0 spiro atoms. The smallest absolute Gasteiger partial charge is 0.244 e. The zero-order valence-electron chi connectivity index (χ0n) is 39.7. The van der Waals surface area contributed by atoms with Gasteiger partial charge in [-0.3, -0.25) is 0 Å². The summed E-state index contributed by atoms with van der Waals surface area (Å²) in [4.78, 5) is 7.04. The quantitative estimate of drug-likeness (QED) is 0.0558. The topological polar surface area (TPSA) is 25.8 Å². The molecule has 0 aliphatic carbocycles. The number of hydrogen-bond donors (Lipinski definition) is 0. The molecule has 0 radical (unpaired) electrons. The minimum absolute atomic E-state index is 0.0413. The van der Waals surface area contributed by atoms with Gasteiger partial charge in [-0.15, -0.1) is 45.3 Å². The SMILES string of the molecule is Fc1c(F)c(F)c(B(c2c(F)c(F)c(F)c(F)c2F)c2c(F)c(F)c(F)c(F)c2-c2ncc(-c3ccc(-c4ccc(-c5cnc(-c6c(F)c(F)c(F)c(F)c6B(c6c(F)c(F)c(F)c(F)c6F)c6c(F)c(F)c(F)c(F)c6F)s5)s4)s3)s2)c(F)c1F. The van der Waals surface area contributed by atoms with Crippen molar-refractivity contribution in [3.8, 4) is 50.4 Å². The van der Waals surface area contributed by atoms with Gasteiger partial charge in [0.2, 0.25) is 0 Å². The van der Waals surface area contributed by atoms with Crippen LogP contribution in [-0.4, -0.2) is 23.4 Å². The van der Waals surface area contributed by atoms with E-state index in [1.54, 1.807) is 0 Å². The van der Waals surface area contributed by atoms with Crippen LogP contribution >= 0.6 is 45.3 Å². The number of aromatic nitrogens is 2. The lowest BCUT2D eigenvalue weighted by Crippen LogP contribution is -2.60. The zero-order chi connectivity index (χ0) is 63.0. The number of thiophene rings is 2. The summed E-state index contributed by atoms with van der Waals surface area (Å²) in [5.74, 6) is -84.6. The fraction of sp³-hybridized carbons (Fsp3) is 0. The van der Waals surface area contributed by atoms with E-state index in [4.69, 9.17) is 0 Å². The van der Waals surface area contributed by atoms with Crippen LogP contribution in [0.5, 0.6) is 0 Å². The first-order valence-corrected chi connectivity index (χ1v) is 25.5. The second-order valence-electron chi connectivity index (χ2n) is 17.3. The van der Waals surface area contributed by atoms with Gasteiger partial charge in [0, 0.05) is 64.9 Å². The fourth-order valence-corrected chi connectivity index (χ4v) is 13.0. The lowest BCUT2D eigenvalue weighted by atomic mass is 9.35. The Balaban J connectivity index is 1.07. The Morgan fingerprint density at radius 3 is 0.593 bits per heavy atom. The van der Waals surface area contributed by atoms with Gasteiger partial charge in [-0.1, -0.05) is 0 Å². The van der Waals surface area contributed by atoms with Crippen LogP contribution in [0.15, 0.2) is 36.7 Å². The van der Waals surface area contributed by atoms with Crippen molar-refractivity contribution in [2.75, 3.05) is 0 Å². The van der Waals surface area contributed by atoms with E-state index >= 15 is 70.2 Å². The summed E-state index contributed by atoms with van der Waals surface area (Å²) < 4.78 is 425. The number of thiazole rings is 2. The molecule has 2 nitrogen and oxygen atoms in total. The van der Waals surface area contributed by atoms with E-state index in [0.717, 1.165) is 0 Å². The summed E-state index contributed by atoms with van der Waals surface area (Å²) >= 11 is 1.52. The molecular weight excluding hydrogens is 1310 g/mol. The molecule has 4 heterocycles. The second kappa shape index (κ2) is 22.1. The molecule has 0 atom stereocenters. The normalized spacial score (nSPS) is 11.7. The van der Waals surface area contributed by atoms with Crippen LogP contribution in [0, 0.1) is 163 Å². The Morgan fingerprint density at radius 2 is 0.372 bits per heavy atom. The average Bonchev–Trinajstić information content (AvgIpc) is 0.970. The van der Waals surface area contributed by atoms with Crippen LogP contribution in [-0.2, 0) is 0 Å². The van der Waals surface area contributed by atoms with E-state index in [2.05, 4.69) is 9.97 Å². The predicted molar refractivity (Wildman–Crippen MR) is 255 cm³/mol. The van der Waals surface area contributed by atoms with Crippen LogP contribution in [0.25, 0.3) is 50.4 Å². The van der Waals surface area contributed by atoms with Gasteiger partial charge in [0.15, 0.2) is 163 Å². The van der Waals surface area contributed by atoms with Crippen LogP contribution in [0.3, 0.4) is 0 Å². The molecule has 0 aliphatic heterocycles. The van der Waals surface area contributed by atoms with E-state index in [1.165, 1.54) is 24.3 Å². The van der Waals surface area contributed by atoms with Gasteiger partial charge >= 0.3 is 0 Å². The Kier molecular flexibility index (Phi) is 15.8. The molecule has 10 aromatic rings. The van der Waals surface area contributed by atoms with Crippen molar-refractivity contribution in [1.82, 2.24) is 9.97 Å². The number of nitrogens with zero attached hydrogens (tertiary/aromatic N) is 2. The molecule has 0 amide bonds. The first-order chi connectivity index (χ1) is 40.4. The molecule has 0 bridgehead atoms. The Hall–Kier alpha value is -7.85. The third-order valence-electron chi connectivity index (χ3n) is 12.7.